The van der Waals surface area contributed by atoms with Crippen LogP contribution in [0.2, 0.25) is 0 Å². The van der Waals surface area contributed by atoms with E-state index in [0.717, 1.165) is 28.0 Å². The standard InChI is InChI=1S/C25H17N3OS/c1-14-13-18(29)9-11-19(14)24-26-27-25(30)28(24)21-12-8-17-6-5-15-3-2-4-16-7-10-20(21)23(17)22(15)16/h2-13,29H,1H3,(H,27,30). The summed E-state index contributed by atoms with van der Waals surface area (Å²) in [5.41, 5.74) is 2.84. The van der Waals surface area contributed by atoms with Gasteiger partial charge in [-0.15, -0.1) is 0 Å². The van der Waals surface area contributed by atoms with E-state index < -0.39 is 0 Å². The maximum atomic E-state index is 9.82. The lowest BCUT2D eigenvalue weighted by molar-refractivity contribution is 0.475. The number of phenolic OH excluding ortho intramolecular Hbond substituents is 1. The van der Waals surface area contributed by atoms with Gasteiger partial charge in [-0.05, 0) is 75.9 Å². The molecule has 0 radical (unpaired) electrons. The third-order valence-electron chi connectivity index (χ3n) is 5.87. The predicted molar refractivity (Wildman–Crippen MR) is 124 cm³/mol. The molecule has 6 rings (SSSR count). The van der Waals surface area contributed by atoms with Crippen molar-refractivity contribution in [3.63, 3.8) is 0 Å². The first-order chi connectivity index (χ1) is 14.6. The molecule has 2 N–H and O–H groups in total. The maximum Gasteiger partial charge on any atom is 0.200 e. The summed E-state index contributed by atoms with van der Waals surface area (Å²) in [6.45, 7) is 1.96. The number of nitrogens with zero attached hydrogens (tertiary/aromatic N) is 2. The van der Waals surface area contributed by atoms with Crippen LogP contribution < -0.4 is 0 Å². The lowest BCUT2D eigenvalue weighted by atomic mass is 9.93. The second kappa shape index (κ2) is 6.15. The predicted octanol–water partition coefficient (Wildman–Crippen LogP) is 6.51. The number of benzene rings is 5. The minimum Gasteiger partial charge on any atom is -0.508 e. The van der Waals surface area contributed by atoms with Gasteiger partial charge in [0.05, 0.1) is 5.69 Å². The number of nitrogens with one attached hydrogen (secondary N) is 1. The fraction of sp³-hybridized carbons (Fsp3) is 0.0400. The molecule has 5 aromatic carbocycles. The summed E-state index contributed by atoms with van der Waals surface area (Å²) in [5.74, 6) is 0.965. The number of aromatic hydroxyl groups is 1. The van der Waals surface area contributed by atoms with Gasteiger partial charge in [0, 0.05) is 10.9 Å². The first-order valence-corrected chi connectivity index (χ1v) is 10.2. The van der Waals surface area contributed by atoms with E-state index in [9.17, 15) is 5.11 Å². The van der Waals surface area contributed by atoms with E-state index in [0.29, 0.717) is 4.77 Å². The van der Waals surface area contributed by atoms with E-state index in [1.54, 1.807) is 12.1 Å². The van der Waals surface area contributed by atoms with E-state index in [1.807, 2.05) is 17.6 Å². The fourth-order valence-corrected chi connectivity index (χ4v) is 4.75. The quantitative estimate of drug-likeness (QED) is 0.254. The van der Waals surface area contributed by atoms with Gasteiger partial charge in [-0.25, -0.2) is 0 Å². The van der Waals surface area contributed by atoms with Crippen molar-refractivity contribution in [1.82, 2.24) is 14.8 Å². The lowest BCUT2D eigenvalue weighted by Gasteiger charge is -2.16. The van der Waals surface area contributed by atoms with E-state index in [2.05, 4.69) is 64.8 Å². The van der Waals surface area contributed by atoms with Crippen molar-refractivity contribution in [3.8, 4) is 22.8 Å². The highest BCUT2D eigenvalue weighted by Gasteiger charge is 2.17. The molecule has 6 aromatic rings. The van der Waals surface area contributed by atoms with E-state index in [-0.39, 0.29) is 5.75 Å². The van der Waals surface area contributed by atoms with Gasteiger partial charge in [0.1, 0.15) is 5.75 Å². The molecule has 5 heteroatoms. The molecule has 4 nitrogen and oxygen atoms in total. The molecule has 0 fully saturated rings. The van der Waals surface area contributed by atoms with Gasteiger partial charge in [0.2, 0.25) is 0 Å². The van der Waals surface area contributed by atoms with Gasteiger partial charge >= 0.3 is 0 Å². The Bertz CT molecular complexity index is 1630. The molecular formula is C25H17N3OS. The number of H-pyrrole nitrogens is 1. The summed E-state index contributed by atoms with van der Waals surface area (Å²) >= 11 is 5.64. The molecule has 0 saturated heterocycles. The van der Waals surface area contributed by atoms with Crippen LogP contribution in [0.4, 0.5) is 0 Å². The van der Waals surface area contributed by atoms with Crippen LogP contribution in [0.15, 0.2) is 72.8 Å². The third-order valence-corrected chi connectivity index (χ3v) is 6.14. The van der Waals surface area contributed by atoms with Gasteiger partial charge in [-0.2, -0.15) is 5.10 Å². The minimum atomic E-state index is 0.236. The zero-order valence-corrected chi connectivity index (χ0v) is 17.0. The average molecular weight is 407 g/mol. The second-order valence-corrected chi connectivity index (χ2v) is 8.01. The monoisotopic (exact) mass is 407 g/mol. The average Bonchev–Trinajstić information content (AvgIpc) is 3.13. The number of aryl methyl sites for hydroxylation is 1. The van der Waals surface area contributed by atoms with Gasteiger partial charge in [0.25, 0.3) is 0 Å². The molecule has 0 saturated carbocycles. The third kappa shape index (κ3) is 2.33. The Balaban J connectivity index is 1.73. The van der Waals surface area contributed by atoms with Gasteiger partial charge in [-0.3, -0.25) is 9.67 Å². The van der Waals surface area contributed by atoms with Crippen molar-refractivity contribution in [2.24, 2.45) is 0 Å². The van der Waals surface area contributed by atoms with Crippen LogP contribution in [0, 0.1) is 11.7 Å². The summed E-state index contributed by atoms with van der Waals surface area (Å²) in [4.78, 5) is 0. The first-order valence-electron chi connectivity index (χ1n) is 9.76. The molecule has 0 aliphatic rings. The van der Waals surface area contributed by atoms with Crippen LogP contribution in [0.25, 0.3) is 49.4 Å². The Morgan fingerprint density at radius 2 is 1.57 bits per heavy atom. The molecule has 144 valence electrons. The Hall–Kier alpha value is -3.70. The topological polar surface area (TPSA) is 53.8 Å². The molecule has 1 aromatic heterocycles. The highest BCUT2D eigenvalue weighted by Crippen LogP contribution is 2.38. The fourth-order valence-electron chi connectivity index (χ4n) is 4.51. The molecule has 0 bridgehead atoms. The number of hydrogen-bond acceptors (Lipinski definition) is 3. The van der Waals surface area contributed by atoms with Gasteiger partial charge in [-0.1, -0.05) is 48.5 Å². The van der Waals surface area contributed by atoms with Crippen molar-refractivity contribution in [1.29, 1.82) is 0 Å². The molecule has 0 atom stereocenters. The smallest absolute Gasteiger partial charge is 0.200 e. The van der Waals surface area contributed by atoms with E-state index in [4.69, 9.17) is 12.2 Å². The molecule has 0 aliphatic carbocycles. The summed E-state index contributed by atoms with van der Waals surface area (Å²) in [6, 6.07) is 24.6. The highest BCUT2D eigenvalue weighted by molar-refractivity contribution is 7.71. The van der Waals surface area contributed by atoms with Gasteiger partial charge in [0.15, 0.2) is 10.6 Å². The number of phenols is 1. The van der Waals surface area contributed by atoms with Crippen molar-refractivity contribution in [2.75, 3.05) is 0 Å². The molecule has 0 aliphatic heterocycles. The Morgan fingerprint density at radius 1 is 0.867 bits per heavy atom. The van der Waals surface area contributed by atoms with E-state index in [1.165, 1.54) is 26.9 Å². The number of hydrogen-bond donors (Lipinski definition) is 2. The van der Waals surface area contributed by atoms with Crippen molar-refractivity contribution in [3.05, 3.63) is 83.1 Å². The second-order valence-electron chi connectivity index (χ2n) is 7.63. The van der Waals surface area contributed by atoms with Crippen molar-refractivity contribution in [2.45, 2.75) is 6.92 Å². The molecular weight excluding hydrogens is 390 g/mol. The zero-order valence-electron chi connectivity index (χ0n) is 16.2. The molecule has 30 heavy (non-hydrogen) atoms. The first kappa shape index (κ1) is 17.2. The summed E-state index contributed by atoms with van der Waals surface area (Å²) in [7, 11) is 0. The normalized spacial score (nSPS) is 11.8. The van der Waals surface area contributed by atoms with Crippen molar-refractivity contribution < 1.29 is 5.11 Å². The van der Waals surface area contributed by atoms with Crippen LogP contribution in [0.5, 0.6) is 5.75 Å². The number of aromatic nitrogens is 3. The Morgan fingerprint density at radius 3 is 2.33 bits per heavy atom. The zero-order chi connectivity index (χ0) is 20.4. The molecule has 0 unspecified atom stereocenters. The van der Waals surface area contributed by atoms with Crippen LogP contribution in [-0.4, -0.2) is 19.9 Å². The highest BCUT2D eigenvalue weighted by atomic mass is 32.1. The number of aromatic amines is 1. The maximum absolute atomic E-state index is 9.82. The summed E-state index contributed by atoms with van der Waals surface area (Å²) < 4.78 is 2.52. The molecule has 0 amide bonds. The minimum absolute atomic E-state index is 0.236. The van der Waals surface area contributed by atoms with Crippen LogP contribution in [0.3, 0.4) is 0 Å². The summed E-state index contributed by atoms with van der Waals surface area (Å²) in [6.07, 6.45) is 0. The summed E-state index contributed by atoms with van der Waals surface area (Å²) in [5, 5.41) is 24.6. The molecule has 1 heterocycles. The van der Waals surface area contributed by atoms with Crippen LogP contribution in [0.1, 0.15) is 5.56 Å². The lowest BCUT2D eigenvalue weighted by Crippen LogP contribution is -2.00. The van der Waals surface area contributed by atoms with Crippen LogP contribution in [-0.2, 0) is 0 Å². The van der Waals surface area contributed by atoms with Crippen LogP contribution >= 0.6 is 12.2 Å². The van der Waals surface area contributed by atoms with E-state index >= 15 is 0 Å². The molecule has 0 spiro atoms. The van der Waals surface area contributed by atoms with Crippen molar-refractivity contribution >= 4 is 44.5 Å². The largest absolute Gasteiger partial charge is 0.508 e. The Kier molecular flexibility index (Phi) is 3.52. The number of rotatable bonds is 2. The SMILES string of the molecule is Cc1cc(O)ccc1-c1n[nH]c(=S)n1-c1ccc2ccc3cccc4ccc1c2c34. The Labute approximate surface area is 177 Å². The van der Waals surface area contributed by atoms with Gasteiger partial charge < -0.3 is 5.11 Å².